The zero-order valence-electron chi connectivity index (χ0n) is 12.9. The highest BCUT2D eigenvalue weighted by Crippen LogP contribution is 2.27. The third-order valence-electron chi connectivity index (χ3n) is 3.61. The minimum Gasteiger partial charge on any atom is -0.350 e. The lowest BCUT2D eigenvalue weighted by Gasteiger charge is -2.13. The molecular weight excluding hydrogens is 371 g/mol. The molecule has 0 spiro atoms. The van der Waals surface area contributed by atoms with E-state index in [1.807, 2.05) is 6.92 Å². The number of nitrogens with one attached hydrogen (secondary N) is 2. The SMILES string of the molecule is Cc1cc(Nc2ccc(Cl)c(Cl)c2)nc(NC2CCS(=O)(=O)C2)n1. The summed E-state index contributed by atoms with van der Waals surface area (Å²) in [5.74, 6) is 1.30. The quantitative estimate of drug-likeness (QED) is 0.836. The van der Waals surface area contributed by atoms with Gasteiger partial charge in [-0.2, -0.15) is 4.98 Å². The van der Waals surface area contributed by atoms with Crippen molar-refractivity contribution in [2.45, 2.75) is 19.4 Å². The Morgan fingerprint density at radius 1 is 1.17 bits per heavy atom. The van der Waals surface area contributed by atoms with Gasteiger partial charge in [0, 0.05) is 23.5 Å². The molecule has 0 amide bonds. The van der Waals surface area contributed by atoms with Crippen molar-refractivity contribution in [2.24, 2.45) is 0 Å². The van der Waals surface area contributed by atoms with Gasteiger partial charge in [-0.05, 0) is 31.5 Å². The Hall–Kier alpha value is -1.57. The van der Waals surface area contributed by atoms with Gasteiger partial charge < -0.3 is 10.6 Å². The Morgan fingerprint density at radius 2 is 1.96 bits per heavy atom. The molecule has 1 saturated heterocycles. The van der Waals surface area contributed by atoms with Crippen LogP contribution in [-0.2, 0) is 9.84 Å². The second-order valence-electron chi connectivity index (χ2n) is 5.72. The summed E-state index contributed by atoms with van der Waals surface area (Å²) in [7, 11) is -2.95. The van der Waals surface area contributed by atoms with Gasteiger partial charge in [0.1, 0.15) is 5.82 Å². The molecule has 9 heteroatoms. The summed E-state index contributed by atoms with van der Waals surface area (Å²) in [6, 6.07) is 6.83. The van der Waals surface area contributed by atoms with Crippen LogP contribution in [0.2, 0.25) is 10.0 Å². The predicted octanol–water partition coefficient (Wildman–Crippen LogP) is 3.43. The van der Waals surface area contributed by atoms with E-state index >= 15 is 0 Å². The first-order valence-electron chi connectivity index (χ1n) is 7.35. The van der Waals surface area contributed by atoms with Crippen molar-refractivity contribution in [3.63, 3.8) is 0 Å². The van der Waals surface area contributed by atoms with E-state index in [4.69, 9.17) is 23.2 Å². The molecule has 24 heavy (non-hydrogen) atoms. The molecule has 1 unspecified atom stereocenters. The van der Waals surface area contributed by atoms with Crippen LogP contribution in [0.15, 0.2) is 24.3 Å². The Balaban J connectivity index is 1.77. The second-order valence-corrected chi connectivity index (χ2v) is 8.76. The van der Waals surface area contributed by atoms with Crippen molar-refractivity contribution in [1.29, 1.82) is 0 Å². The summed E-state index contributed by atoms with van der Waals surface area (Å²) < 4.78 is 23.1. The van der Waals surface area contributed by atoms with E-state index in [0.717, 1.165) is 11.4 Å². The molecule has 1 aliphatic heterocycles. The number of benzene rings is 1. The maximum atomic E-state index is 11.5. The molecule has 2 N–H and O–H groups in total. The summed E-state index contributed by atoms with van der Waals surface area (Å²) >= 11 is 11.9. The highest BCUT2D eigenvalue weighted by Gasteiger charge is 2.28. The molecule has 1 aromatic heterocycles. The van der Waals surface area contributed by atoms with Crippen LogP contribution < -0.4 is 10.6 Å². The topological polar surface area (TPSA) is 84.0 Å². The minimum absolute atomic E-state index is 0.111. The third kappa shape index (κ3) is 4.28. The van der Waals surface area contributed by atoms with Crippen LogP contribution in [0, 0.1) is 6.92 Å². The van der Waals surface area contributed by atoms with Crippen molar-refractivity contribution in [3.05, 3.63) is 40.0 Å². The van der Waals surface area contributed by atoms with Gasteiger partial charge in [-0.15, -0.1) is 0 Å². The molecule has 0 saturated carbocycles. The number of sulfone groups is 1. The lowest BCUT2D eigenvalue weighted by molar-refractivity contribution is 0.602. The predicted molar refractivity (Wildman–Crippen MR) is 97.2 cm³/mol. The third-order valence-corrected chi connectivity index (χ3v) is 6.12. The van der Waals surface area contributed by atoms with Gasteiger partial charge in [-0.1, -0.05) is 23.2 Å². The molecule has 1 aromatic carbocycles. The van der Waals surface area contributed by atoms with Crippen LogP contribution in [0.25, 0.3) is 0 Å². The minimum atomic E-state index is -2.95. The fraction of sp³-hybridized carbons (Fsp3) is 0.333. The molecule has 0 bridgehead atoms. The molecule has 2 heterocycles. The fourth-order valence-electron chi connectivity index (χ4n) is 2.51. The van der Waals surface area contributed by atoms with Gasteiger partial charge in [0.25, 0.3) is 0 Å². The summed E-state index contributed by atoms with van der Waals surface area (Å²) in [5.41, 5.74) is 1.51. The molecule has 1 fully saturated rings. The average Bonchev–Trinajstić information content (AvgIpc) is 2.81. The van der Waals surface area contributed by atoms with Crippen molar-refractivity contribution < 1.29 is 8.42 Å². The maximum Gasteiger partial charge on any atom is 0.225 e. The van der Waals surface area contributed by atoms with Crippen LogP contribution in [0.4, 0.5) is 17.5 Å². The van der Waals surface area contributed by atoms with E-state index in [-0.39, 0.29) is 17.5 Å². The lowest BCUT2D eigenvalue weighted by atomic mass is 10.3. The normalized spacial score (nSPS) is 19.2. The van der Waals surface area contributed by atoms with Crippen LogP contribution in [0.3, 0.4) is 0 Å². The molecule has 1 atom stereocenters. The Bertz CT molecular complexity index is 874. The number of rotatable bonds is 4. The number of anilines is 3. The van der Waals surface area contributed by atoms with Crippen LogP contribution in [0.5, 0.6) is 0 Å². The first-order valence-corrected chi connectivity index (χ1v) is 9.93. The number of hydrogen-bond acceptors (Lipinski definition) is 6. The zero-order chi connectivity index (χ0) is 17.3. The zero-order valence-corrected chi connectivity index (χ0v) is 15.2. The van der Waals surface area contributed by atoms with Crippen molar-refractivity contribution >= 4 is 50.5 Å². The summed E-state index contributed by atoms with van der Waals surface area (Å²) in [5, 5.41) is 7.16. The van der Waals surface area contributed by atoms with Crippen LogP contribution >= 0.6 is 23.2 Å². The van der Waals surface area contributed by atoms with E-state index in [0.29, 0.717) is 28.2 Å². The summed E-state index contributed by atoms with van der Waals surface area (Å²) in [6.45, 7) is 1.85. The van der Waals surface area contributed by atoms with E-state index in [2.05, 4.69) is 20.6 Å². The summed E-state index contributed by atoms with van der Waals surface area (Å²) in [4.78, 5) is 8.70. The number of hydrogen-bond donors (Lipinski definition) is 2. The largest absolute Gasteiger partial charge is 0.350 e. The first-order chi connectivity index (χ1) is 11.3. The van der Waals surface area contributed by atoms with Crippen LogP contribution in [-0.4, -0.2) is 35.9 Å². The molecule has 128 valence electrons. The van der Waals surface area contributed by atoms with E-state index in [1.54, 1.807) is 24.3 Å². The van der Waals surface area contributed by atoms with E-state index in [1.165, 1.54) is 0 Å². The molecule has 3 rings (SSSR count). The number of nitrogens with zero attached hydrogens (tertiary/aromatic N) is 2. The smallest absolute Gasteiger partial charge is 0.225 e. The number of aromatic nitrogens is 2. The van der Waals surface area contributed by atoms with Gasteiger partial charge >= 0.3 is 0 Å². The monoisotopic (exact) mass is 386 g/mol. The van der Waals surface area contributed by atoms with Crippen LogP contribution in [0.1, 0.15) is 12.1 Å². The van der Waals surface area contributed by atoms with E-state index < -0.39 is 9.84 Å². The van der Waals surface area contributed by atoms with E-state index in [9.17, 15) is 8.42 Å². The van der Waals surface area contributed by atoms with Gasteiger partial charge in [-0.25, -0.2) is 13.4 Å². The molecule has 0 aliphatic carbocycles. The summed E-state index contributed by atoms with van der Waals surface area (Å²) in [6.07, 6.45) is 0.565. The fourth-order valence-corrected chi connectivity index (χ4v) is 4.48. The number of aryl methyl sites for hydroxylation is 1. The molecule has 6 nitrogen and oxygen atoms in total. The van der Waals surface area contributed by atoms with Gasteiger partial charge in [0.05, 0.1) is 21.6 Å². The number of halogens is 2. The molecule has 0 radical (unpaired) electrons. The second kappa shape index (κ2) is 6.74. The molecule has 2 aromatic rings. The Labute approximate surface area is 150 Å². The Kier molecular flexibility index (Phi) is 4.85. The lowest BCUT2D eigenvalue weighted by Crippen LogP contribution is -2.22. The van der Waals surface area contributed by atoms with Crippen molar-refractivity contribution in [2.75, 3.05) is 22.1 Å². The molecular formula is C15H16Cl2N4O2S. The van der Waals surface area contributed by atoms with Crippen molar-refractivity contribution in [1.82, 2.24) is 9.97 Å². The Morgan fingerprint density at radius 3 is 2.62 bits per heavy atom. The standard InChI is InChI=1S/C15H16Cl2N4O2S/c1-9-6-14(19-10-2-3-12(16)13(17)7-10)21-15(18-9)20-11-4-5-24(22,23)8-11/h2-3,6-7,11H,4-5,8H2,1H3,(H2,18,19,20,21). The first kappa shape index (κ1) is 17.3. The molecule has 1 aliphatic rings. The maximum absolute atomic E-state index is 11.5. The van der Waals surface area contributed by atoms with Gasteiger partial charge in [0.15, 0.2) is 9.84 Å². The average molecular weight is 387 g/mol. The van der Waals surface area contributed by atoms with Crippen molar-refractivity contribution in [3.8, 4) is 0 Å². The highest BCUT2D eigenvalue weighted by atomic mass is 35.5. The highest BCUT2D eigenvalue weighted by molar-refractivity contribution is 7.91. The van der Waals surface area contributed by atoms with Gasteiger partial charge in [-0.3, -0.25) is 0 Å². The van der Waals surface area contributed by atoms with Gasteiger partial charge in [0.2, 0.25) is 5.95 Å².